The summed E-state index contributed by atoms with van der Waals surface area (Å²) in [5.74, 6) is 0. The van der Waals surface area contributed by atoms with Crippen LogP contribution >= 0.6 is 0 Å². The molecule has 14 rings (SSSR count). The molecule has 0 aliphatic heterocycles. The first-order chi connectivity index (χ1) is 34.2. The molecule has 0 bridgehead atoms. The largest absolute Gasteiger partial charge is 0.310 e. The van der Waals surface area contributed by atoms with Crippen LogP contribution in [0.25, 0.3) is 83.1 Å². The maximum atomic E-state index is 2.47. The molecule has 322 valence electrons. The fraction of sp³-hybridized carbons (Fsp3) is 0.0149. The summed E-state index contributed by atoms with van der Waals surface area (Å²) < 4.78 is 2.41. The van der Waals surface area contributed by atoms with Crippen molar-refractivity contribution in [1.29, 1.82) is 0 Å². The Morgan fingerprint density at radius 2 is 0.725 bits per heavy atom. The number of benzene rings is 11. The van der Waals surface area contributed by atoms with Gasteiger partial charge in [0, 0.05) is 33.5 Å². The van der Waals surface area contributed by atoms with Crippen LogP contribution in [0.4, 0.5) is 17.1 Å². The third-order valence-electron chi connectivity index (χ3n) is 14.8. The summed E-state index contributed by atoms with van der Waals surface area (Å²) in [4.78, 5) is 2.43. The number of anilines is 3. The fourth-order valence-corrected chi connectivity index (χ4v) is 11.8. The number of hydrogen-bond donors (Lipinski definition) is 0. The zero-order valence-electron chi connectivity index (χ0n) is 37.8. The number of rotatable bonds is 7. The van der Waals surface area contributed by atoms with Crippen LogP contribution in [0, 0.1) is 0 Å². The number of nitrogens with zero attached hydrogens (tertiary/aromatic N) is 2. The van der Waals surface area contributed by atoms with Crippen molar-refractivity contribution >= 4 is 38.9 Å². The van der Waals surface area contributed by atoms with Gasteiger partial charge in [-0.3, -0.25) is 0 Å². The van der Waals surface area contributed by atoms with E-state index in [0.29, 0.717) is 0 Å². The summed E-state index contributed by atoms with van der Waals surface area (Å²) in [6.07, 6.45) is 0. The zero-order valence-corrected chi connectivity index (χ0v) is 37.8. The van der Waals surface area contributed by atoms with Crippen molar-refractivity contribution in [2.45, 2.75) is 5.41 Å². The van der Waals surface area contributed by atoms with Crippen molar-refractivity contribution < 1.29 is 0 Å². The minimum atomic E-state index is -0.426. The van der Waals surface area contributed by atoms with E-state index in [1.54, 1.807) is 0 Å². The topological polar surface area (TPSA) is 8.17 Å². The molecule has 11 aromatic carbocycles. The maximum absolute atomic E-state index is 2.47. The molecule has 0 radical (unpaired) electrons. The smallest absolute Gasteiger partial charge is 0.0726 e. The Labute approximate surface area is 402 Å². The summed E-state index contributed by atoms with van der Waals surface area (Å²) >= 11 is 0. The van der Waals surface area contributed by atoms with Crippen LogP contribution < -0.4 is 4.90 Å². The lowest BCUT2D eigenvalue weighted by Crippen LogP contribution is -2.26. The molecular formula is C67H44N2. The molecule has 69 heavy (non-hydrogen) atoms. The average molecular weight is 877 g/mol. The minimum absolute atomic E-state index is 0.426. The Morgan fingerprint density at radius 1 is 0.261 bits per heavy atom. The predicted molar refractivity (Wildman–Crippen MR) is 288 cm³/mol. The van der Waals surface area contributed by atoms with Crippen LogP contribution in [0.15, 0.2) is 267 Å². The molecule has 1 heterocycles. The molecule has 0 atom stereocenters. The highest BCUT2D eigenvalue weighted by Crippen LogP contribution is 2.63. The Hall–Kier alpha value is -8.98. The predicted octanol–water partition coefficient (Wildman–Crippen LogP) is 17.6. The first kappa shape index (κ1) is 39.2. The van der Waals surface area contributed by atoms with Crippen LogP contribution in [0.5, 0.6) is 0 Å². The fourth-order valence-electron chi connectivity index (χ4n) is 11.8. The van der Waals surface area contributed by atoms with Crippen LogP contribution in [-0.4, -0.2) is 4.57 Å². The molecule has 1 aromatic heterocycles. The molecule has 12 aromatic rings. The van der Waals surface area contributed by atoms with Crippen LogP contribution in [0.3, 0.4) is 0 Å². The highest BCUT2D eigenvalue weighted by Gasteiger charge is 2.51. The third kappa shape index (κ3) is 5.99. The third-order valence-corrected chi connectivity index (χ3v) is 14.8. The van der Waals surface area contributed by atoms with E-state index in [0.717, 1.165) is 28.3 Å². The number of para-hydroxylation sites is 2. The van der Waals surface area contributed by atoms with Crippen LogP contribution in [0.1, 0.15) is 22.3 Å². The van der Waals surface area contributed by atoms with Gasteiger partial charge >= 0.3 is 0 Å². The van der Waals surface area contributed by atoms with E-state index in [-0.39, 0.29) is 0 Å². The van der Waals surface area contributed by atoms with E-state index in [1.807, 2.05) is 0 Å². The maximum Gasteiger partial charge on any atom is 0.0726 e. The first-order valence-electron chi connectivity index (χ1n) is 23.9. The van der Waals surface area contributed by atoms with Gasteiger partial charge in [0.25, 0.3) is 0 Å². The molecule has 1 spiro atoms. The molecule has 0 fully saturated rings. The van der Waals surface area contributed by atoms with E-state index in [9.17, 15) is 0 Å². The van der Waals surface area contributed by atoms with Gasteiger partial charge < -0.3 is 9.47 Å². The lowest BCUT2D eigenvalue weighted by Gasteiger charge is -2.32. The lowest BCUT2D eigenvalue weighted by atomic mass is 9.70. The highest BCUT2D eigenvalue weighted by molar-refractivity contribution is 6.10. The second-order valence-corrected chi connectivity index (χ2v) is 18.4. The van der Waals surface area contributed by atoms with Gasteiger partial charge in [-0.15, -0.1) is 0 Å². The summed E-state index contributed by atoms with van der Waals surface area (Å²) in [5, 5.41) is 2.50. The van der Waals surface area contributed by atoms with E-state index in [4.69, 9.17) is 0 Å². The van der Waals surface area contributed by atoms with Crippen molar-refractivity contribution in [2.24, 2.45) is 0 Å². The van der Waals surface area contributed by atoms with Gasteiger partial charge in [-0.2, -0.15) is 0 Å². The monoisotopic (exact) mass is 876 g/mol. The molecule has 0 N–H and O–H groups in total. The van der Waals surface area contributed by atoms with Gasteiger partial charge in [0.05, 0.1) is 16.4 Å². The first-order valence-corrected chi connectivity index (χ1v) is 23.9. The molecular weight excluding hydrogens is 833 g/mol. The zero-order chi connectivity index (χ0) is 45.5. The van der Waals surface area contributed by atoms with E-state index < -0.39 is 5.41 Å². The lowest BCUT2D eigenvalue weighted by molar-refractivity contribution is 0.793. The van der Waals surface area contributed by atoms with Crippen LogP contribution in [0.2, 0.25) is 0 Å². The molecule has 0 saturated carbocycles. The quantitative estimate of drug-likeness (QED) is 0.155. The number of fused-ring (bicyclic) bond motifs is 13. The van der Waals surface area contributed by atoms with Crippen molar-refractivity contribution in [1.82, 2.24) is 4.57 Å². The van der Waals surface area contributed by atoms with Gasteiger partial charge in [-0.25, -0.2) is 0 Å². The Kier molecular flexibility index (Phi) is 8.84. The molecule has 2 aliphatic carbocycles. The molecule has 2 aliphatic rings. The van der Waals surface area contributed by atoms with Gasteiger partial charge in [0.1, 0.15) is 0 Å². The van der Waals surface area contributed by atoms with Crippen molar-refractivity contribution in [3.05, 3.63) is 289 Å². The highest BCUT2D eigenvalue weighted by atomic mass is 15.1. The Morgan fingerprint density at radius 3 is 1.41 bits per heavy atom. The van der Waals surface area contributed by atoms with E-state index >= 15 is 0 Å². The van der Waals surface area contributed by atoms with Gasteiger partial charge in [-0.05, 0) is 145 Å². The van der Waals surface area contributed by atoms with Crippen molar-refractivity contribution in [2.75, 3.05) is 4.90 Å². The van der Waals surface area contributed by atoms with Crippen molar-refractivity contribution in [3.8, 4) is 61.3 Å². The summed E-state index contributed by atoms with van der Waals surface area (Å²) in [7, 11) is 0. The summed E-state index contributed by atoms with van der Waals surface area (Å²) in [6, 6.07) is 98.4. The van der Waals surface area contributed by atoms with E-state index in [2.05, 4.69) is 276 Å². The molecule has 2 heteroatoms. The van der Waals surface area contributed by atoms with Gasteiger partial charge in [0.15, 0.2) is 0 Å². The average Bonchev–Trinajstić information content (AvgIpc) is 4.03. The number of hydrogen-bond acceptors (Lipinski definition) is 1. The summed E-state index contributed by atoms with van der Waals surface area (Å²) in [6.45, 7) is 0. The van der Waals surface area contributed by atoms with E-state index in [1.165, 1.54) is 94.1 Å². The minimum Gasteiger partial charge on any atom is -0.310 e. The van der Waals surface area contributed by atoms with Gasteiger partial charge in [-0.1, -0.05) is 200 Å². The number of aromatic nitrogens is 1. The Bertz CT molecular complexity index is 3890. The SMILES string of the molecule is c1ccc(-c2ccc(-n3c4ccccc4c4ccc(-c5cccc(-c6cccc(N(c7ccccc7)c7ccc8c(c7)C7(c9ccccc9-c9ccccc97)c7ccccc7-8)c6)c5)cc43)cc2)cc1. The van der Waals surface area contributed by atoms with Crippen LogP contribution in [-0.2, 0) is 5.41 Å². The second-order valence-electron chi connectivity index (χ2n) is 18.4. The molecule has 0 unspecified atom stereocenters. The molecule has 0 amide bonds. The molecule has 0 saturated heterocycles. The normalized spacial score (nSPS) is 12.8. The summed E-state index contributed by atoms with van der Waals surface area (Å²) in [5.41, 5.74) is 24.1. The van der Waals surface area contributed by atoms with Gasteiger partial charge in [0.2, 0.25) is 0 Å². The van der Waals surface area contributed by atoms with Crippen molar-refractivity contribution in [3.63, 3.8) is 0 Å². The second kappa shape index (κ2) is 15.6. The molecule has 2 nitrogen and oxygen atoms in total. The Balaban J connectivity index is 0.874. The standard InChI is InChI=1S/C67H44N2/c1-3-17-45(18-4-1)46-33-36-52(37-34-46)69-65-32-14-10-28-59(65)60-39-35-50(43-66(60)69)48-20-15-19-47(41-48)49-21-16-24-53(42-49)68(51-22-5-2-6-23-51)54-38-40-58-57-27-9-13-31-63(57)67(64(58)44-54)61-29-11-7-25-55(61)56-26-8-12-30-62(56)67/h1-44H.